The van der Waals surface area contributed by atoms with E-state index in [4.69, 9.17) is 23.7 Å². The van der Waals surface area contributed by atoms with Crippen molar-refractivity contribution < 1.29 is 28.5 Å². The van der Waals surface area contributed by atoms with Crippen LogP contribution in [-0.4, -0.2) is 34.0 Å². The number of hydrogen-bond acceptors (Lipinski definition) is 6. The summed E-state index contributed by atoms with van der Waals surface area (Å²) in [7, 11) is 4.54. The van der Waals surface area contributed by atoms with Crippen molar-refractivity contribution in [1.29, 1.82) is 0 Å². The van der Waals surface area contributed by atoms with Crippen LogP contribution in [0.3, 0.4) is 0 Å². The van der Waals surface area contributed by atoms with E-state index in [1.807, 2.05) is 25.1 Å². The largest absolute Gasteiger partial charge is 0.496 e. The highest BCUT2D eigenvalue weighted by atomic mass is 16.7. The molecule has 1 atom stereocenters. The highest BCUT2D eigenvalue weighted by molar-refractivity contribution is 5.98. The second kappa shape index (κ2) is 7.43. The van der Waals surface area contributed by atoms with E-state index in [0.29, 0.717) is 34.3 Å². The molecule has 7 nitrogen and oxygen atoms in total. The van der Waals surface area contributed by atoms with Gasteiger partial charge < -0.3 is 29.0 Å². The van der Waals surface area contributed by atoms with Crippen molar-refractivity contribution in [3.05, 3.63) is 41.5 Å². The van der Waals surface area contributed by atoms with Crippen LogP contribution in [0.5, 0.6) is 28.7 Å². The maximum absolute atomic E-state index is 12.8. The minimum absolute atomic E-state index is 0.211. The number of methoxy groups -OCH3 is 3. The third-order valence-electron chi connectivity index (χ3n) is 4.19. The van der Waals surface area contributed by atoms with Crippen LogP contribution in [0.25, 0.3) is 0 Å². The Morgan fingerprint density at radius 3 is 2.31 bits per heavy atom. The van der Waals surface area contributed by atoms with Crippen molar-refractivity contribution in [1.82, 2.24) is 5.32 Å². The zero-order valence-corrected chi connectivity index (χ0v) is 15.1. The Labute approximate surface area is 151 Å². The molecule has 0 saturated heterocycles. The van der Waals surface area contributed by atoms with Gasteiger partial charge in [-0.2, -0.15) is 0 Å². The Kier molecular flexibility index (Phi) is 5.06. The first-order chi connectivity index (χ1) is 12.6. The van der Waals surface area contributed by atoms with Gasteiger partial charge in [0.2, 0.25) is 6.79 Å². The number of carbonyl (C=O) groups excluding carboxylic acids is 1. The first-order valence-corrected chi connectivity index (χ1v) is 8.07. The molecule has 1 amide bonds. The van der Waals surface area contributed by atoms with Crippen molar-refractivity contribution >= 4 is 5.91 Å². The van der Waals surface area contributed by atoms with E-state index < -0.39 is 0 Å². The molecule has 0 radical (unpaired) electrons. The van der Waals surface area contributed by atoms with Crippen molar-refractivity contribution in [2.75, 3.05) is 28.1 Å². The lowest BCUT2D eigenvalue weighted by atomic mass is 10.1. The number of benzene rings is 2. The summed E-state index contributed by atoms with van der Waals surface area (Å²) in [5.74, 6) is 2.44. The maximum Gasteiger partial charge on any atom is 0.255 e. The second-order valence-electron chi connectivity index (χ2n) is 5.72. The topological polar surface area (TPSA) is 75.3 Å². The zero-order chi connectivity index (χ0) is 18.7. The molecule has 1 aliphatic rings. The molecule has 0 aliphatic carbocycles. The summed E-state index contributed by atoms with van der Waals surface area (Å²) in [6.07, 6.45) is 0. The number of nitrogens with one attached hydrogen (secondary N) is 1. The predicted molar refractivity (Wildman–Crippen MR) is 94.5 cm³/mol. The van der Waals surface area contributed by atoms with Crippen LogP contribution in [0.1, 0.15) is 28.9 Å². The smallest absolute Gasteiger partial charge is 0.255 e. The van der Waals surface area contributed by atoms with Crippen molar-refractivity contribution in [2.24, 2.45) is 0 Å². The van der Waals surface area contributed by atoms with E-state index in [1.54, 1.807) is 12.1 Å². The van der Waals surface area contributed by atoms with Crippen LogP contribution in [0.15, 0.2) is 30.3 Å². The molecular weight excluding hydrogens is 338 g/mol. The van der Waals surface area contributed by atoms with Gasteiger partial charge >= 0.3 is 0 Å². The summed E-state index contributed by atoms with van der Waals surface area (Å²) in [5, 5.41) is 2.96. The molecule has 3 rings (SSSR count). The van der Waals surface area contributed by atoms with Gasteiger partial charge in [-0.25, -0.2) is 0 Å². The lowest BCUT2D eigenvalue weighted by molar-refractivity contribution is 0.0936. The molecule has 0 bridgehead atoms. The van der Waals surface area contributed by atoms with Crippen LogP contribution in [0, 0.1) is 0 Å². The summed E-state index contributed by atoms with van der Waals surface area (Å²) < 4.78 is 26.5. The molecule has 26 heavy (non-hydrogen) atoms. The van der Waals surface area contributed by atoms with E-state index in [0.717, 1.165) is 5.56 Å². The Bertz CT molecular complexity index is 820. The van der Waals surface area contributed by atoms with Gasteiger partial charge in [-0.3, -0.25) is 4.79 Å². The Morgan fingerprint density at radius 2 is 1.62 bits per heavy atom. The maximum atomic E-state index is 12.8. The minimum atomic E-state index is -0.284. The normalized spacial score (nSPS) is 13.1. The van der Waals surface area contributed by atoms with Gasteiger partial charge in [-0.05, 0) is 24.6 Å². The quantitative estimate of drug-likeness (QED) is 0.855. The second-order valence-corrected chi connectivity index (χ2v) is 5.72. The van der Waals surface area contributed by atoms with E-state index in [1.165, 1.54) is 21.3 Å². The Hall–Kier alpha value is -3.09. The third kappa shape index (κ3) is 3.33. The minimum Gasteiger partial charge on any atom is -0.496 e. The fourth-order valence-corrected chi connectivity index (χ4v) is 2.75. The molecule has 2 aromatic rings. The SMILES string of the molecule is COc1cc(OC)c(C(=O)NC(C)c2ccc3c(c2)OCO3)cc1OC. The number of amides is 1. The van der Waals surface area contributed by atoms with Crippen molar-refractivity contribution in [3.8, 4) is 28.7 Å². The van der Waals surface area contributed by atoms with Crippen LogP contribution < -0.4 is 29.0 Å². The van der Waals surface area contributed by atoms with E-state index in [-0.39, 0.29) is 18.7 Å². The van der Waals surface area contributed by atoms with Crippen molar-refractivity contribution in [3.63, 3.8) is 0 Å². The number of fused-ring (bicyclic) bond motifs is 1. The average molecular weight is 359 g/mol. The van der Waals surface area contributed by atoms with E-state index in [2.05, 4.69) is 5.32 Å². The standard InChI is InChI=1S/C19H21NO6/c1-11(12-5-6-14-18(7-12)26-10-25-14)20-19(21)13-8-16(23-3)17(24-4)9-15(13)22-2/h5-9,11H,10H2,1-4H3,(H,20,21). The van der Waals surface area contributed by atoms with Gasteiger partial charge in [0.15, 0.2) is 23.0 Å². The summed E-state index contributed by atoms with van der Waals surface area (Å²) in [6, 6.07) is 8.56. The highest BCUT2D eigenvalue weighted by Gasteiger charge is 2.21. The van der Waals surface area contributed by atoms with Crippen molar-refractivity contribution in [2.45, 2.75) is 13.0 Å². The Balaban J connectivity index is 1.83. The predicted octanol–water partition coefficient (Wildman–Crippen LogP) is 2.93. The van der Waals surface area contributed by atoms with Gasteiger partial charge in [0.1, 0.15) is 5.75 Å². The van der Waals surface area contributed by atoms with E-state index in [9.17, 15) is 4.79 Å². The summed E-state index contributed by atoms with van der Waals surface area (Å²) in [4.78, 5) is 12.8. The van der Waals surface area contributed by atoms with Crippen LogP contribution in [0.4, 0.5) is 0 Å². The molecule has 0 aromatic heterocycles. The van der Waals surface area contributed by atoms with Gasteiger partial charge in [-0.15, -0.1) is 0 Å². The molecule has 2 aromatic carbocycles. The highest BCUT2D eigenvalue weighted by Crippen LogP contribution is 2.36. The number of ether oxygens (including phenoxy) is 5. The molecule has 1 N–H and O–H groups in total. The lowest BCUT2D eigenvalue weighted by Crippen LogP contribution is -2.27. The first kappa shape index (κ1) is 17.7. The fraction of sp³-hybridized carbons (Fsp3) is 0.316. The zero-order valence-electron chi connectivity index (χ0n) is 15.1. The molecule has 1 unspecified atom stereocenters. The first-order valence-electron chi connectivity index (χ1n) is 8.07. The molecule has 1 heterocycles. The number of carbonyl (C=O) groups is 1. The summed E-state index contributed by atoms with van der Waals surface area (Å²) in [6.45, 7) is 2.10. The molecule has 7 heteroatoms. The monoisotopic (exact) mass is 359 g/mol. The van der Waals surface area contributed by atoms with Gasteiger partial charge in [0.25, 0.3) is 5.91 Å². The van der Waals surface area contributed by atoms with Gasteiger partial charge in [0, 0.05) is 12.1 Å². The third-order valence-corrected chi connectivity index (χ3v) is 4.19. The van der Waals surface area contributed by atoms with E-state index >= 15 is 0 Å². The van der Waals surface area contributed by atoms with Gasteiger partial charge in [-0.1, -0.05) is 6.07 Å². The Morgan fingerprint density at radius 1 is 0.962 bits per heavy atom. The van der Waals surface area contributed by atoms with Gasteiger partial charge in [0.05, 0.1) is 32.9 Å². The molecule has 0 fully saturated rings. The van der Waals surface area contributed by atoms with Crippen LogP contribution in [-0.2, 0) is 0 Å². The van der Waals surface area contributed by atoms with Crippen LogP contribution in [0.2, 0.25) is 0 Å². The molecule has 0 spiro atoms. The summed E-state index contributed by atoms with van der Waals surface area (Å²) in [5.41, 5.74) is 1.26. The van der Waals surface area contributed by atoms with Crippen LogP contribution >= 0.6 is 0 Å². The fourth-order valence-electron chi connectivity index (χ4n) is 2.75. The number of rotatable bonds is 6. The lowest BCUT2D eigenvalue weighted by Gasteiger charge is -2.17. The molecular formula is C19H21NO6. The number of hydrogen-bond donors (Lipinski definition) is 1. The molecule has 1 aliphatic heterocycles. The summed E-state index contributed by atoms with van der Waals surface area (Å²) >= 11 is 0. The molecule has 0 saturated carbocycles. The molecule has 138 valence electrons. The average Bonchev–Trinajstić information content (AvgIpc) is 3.14.